The Morgan fingerprint density at radius 3 is 2.39 bits per heavy atom. The van der Waals surface area contributed by atoms with Gasteiger partial charge in [-0.2, -0.15) is 0 Å². The second-order valence-corrected chi connectivity index (χ2v) is 5.19. The SMILES string of the molecule is COC(=O)C1CCC(Cc2ccc(N)cc2)CC1. The van der Waals surface area contributed by atoms with Gasteiger partial charge >= 0.3 is 5.97 Å². The Bertz CT molecular complexity index is 391. The van der Waals surface area contributed by atoms with E-state index in [1.165, 1.54) is 12.7 Å². The summed E-state index contributed by atoms with van der Waals surface area (Å²) in [5, 5.41) is 0. The normalized spacial score (nSPS) is 23.6. The second kappa shape index (κ2) is 5.89. The molecule has 1 saturated carbocycles. The van der Waals surface area contributed by atoms with E-state index in [0.717, 1.165) is 37.8 Å². The number of benzene rings is 1. The molecule has 0 amide bonds. The van der Waals surface area contributed by atoms with Crippen LogP contribution in [0.5, 0.6) is 0 Å². The number of ether oxygens (including phenoxy) is 1. The highest BCUT2D eigenvalue weighted by Gasteiger charge is 2.26. The molecule has 2 rings (SSSR count). The van der Waals surface area contributed by atoms with Crippen LogP contribution in [0.25, 0.3) is 0 Å². The predicted molar refractivity (Wildman–Crippen MR) is 72.0 cm³/mol. The molecule has 1 aliphatic rings. The summed E-state index contributed by atoms with van der Waals surface area (Å²) in [5.41, 5.74) is 7.83. The van der Waals surface area contributed by atoms with Crippen molar-refractivity contribution in [3.63, 3.8) is 0 Å². The van der Waals surface area contributed by atoms with Gasteiger partial charge in [0.25, 0.3) is 0 Å². The largest absolute Gasteiger partial charge is 0.469 e. The zero-order valence-electron chi connectivity index (χ0n) is 10.9. The summed E-state index contributed by atoms with van der Waals surface area (Å²) in [5.74, 6) is 0.771. The fourth-order valence-electron chi connectivity index (χ4n) is 2.76. The molecule has 0 spiro atoms. The van der Waals surface area contributed by atoms with E-state index in [1.807, 2.05) is 12.1 Å². The van der Waals surface area contributed by atoms with Crippen molar-refractivity contribution in [2.45, 2.75) is 32.1 Å². The molecule has 1 aliphatic carbocycles. The molecule has 2 N–H and O–H groups in total. The smallest absolute Gasteiger partial charge is 0.308 e. The number of hydrogen-bond acceptors (Lipinski definition) is 3. The molecular weight excluding hydrogens is 226 g/mol. The van der Waals surface area contributed by atoms with Crippen molar-refractivity contribution in [1.29, 1.82) is 0 Å². The number of rotatable bonds is 3. The number of hydrogen-bond donors (Lipinski definition) is 1. The lowest BCUT2D eigenvalue weighted by atomic mass is 9.79. The Morgan fingerprint density at radius 1 is 1.22 bits per heavy atom. The van der Waals surface area contributed by atoms with Gasteiger partial charge < -0.3 is 10.5 Å². The van der Waals surface area contributed by atoms with Gasteiger partial charge in [0, 0.05) is 5.69 Å². The highest BCUT2D eigenvalue weighted by molar-refractivity contribution is 5.72. The first-order chi connectivity index (χ1) is 8.69. The molecule has 1 aromatic rings. The number of nitrogens with two attached hydrogens (primary N) is 1. The maximum Gasteiger partial charge on any atom is 0.308 e. The molecule has 1 fully saturated rings. The van der Waals surface area contributed by atoms with Crippen molar-refractivity contribution in [1.82, 2.24) is 0 Å². The van der Waals surface area contributed by atoms with E-state index in [2.05, 4.69) is 12.1 Å². The van der Waals surface area contributed by atoms with Crippen LogP contribution in [-0.2, 0) is 16.0 Å². The molecule has 1 aromatic carbocycles. The fourth-order valence-corrected chi connectivity index (χ4v) is 2.76. The molecule has 18 heavy (non-hydrogen) atoms. The molecule has 3 heteroatoms. The second-order valence-electron chi connectivity index (χ2n) is 5.19. The fraction of sp³-hybridized carbons (Fsp3) is 0.533. The lowest BCUT2D eigenvalue weighted by molar-refractivity contribution is -0.146. The number of methoxy groups -OCH3 is 1. The predicted octanol–water partition coefficient (Wildman–Crippen LogP) is 2.79. The molecule has 0 radical (unpaired) electrons. The van der Waals surface area contributed by atoms with E-state index in [4.69, 9.17) is 10.5 Å². The molecule has 0 aliphatic heterocycles. The highest BCUT2D eigenvalue weighted by Crippen LogP contribution is 2.31. The average molecular weight is 247 g/mol. The molecule has 0 heterocycles. The van der Waals surface area contributed by atoms with E-state index < -0.39 is 0 Å². The van der Waals surface area contributed by atoms with Crippen LogP contribution in [-0.4, -0.2) is 13.1 Å². The number of anilines is 1. The molecule has 98 valence electrons. The summed E-state index contributed by atoms with van der Waals surface area (Å²) in [6.07, 6.45) is 5.25. The van der Waals surface area contributed by atoms with E-state index in [0.29, 0.717) is 5.92 Å². The molecule has 0 bridgehead atoms. The van der Waals surface area contributed by atoms with Crippen LogP contribution >= 0.6 is 0 Å². The topological polar surface area (TPSA) is 52.3 Å². The average Bonchev–Trinajstić information content (AvgIpc) is 2.41. The Balaban J connectivity index is 1.83. The summed E-state index contributed by atoms with van der Waals surface area (Å²) in [4.78, 5) is 11.4. The van der Waals surface area contributed by atoms with Crippen molar-refractivity contribution in [3.8, 4) is 0 Å². The minimum atomic E-state index is -0.0408. The molecule has 0 atom stereocenters. The van der Waals surface area contributed by atoms with Crippen LogP contribution in [0.2, 0.25) is 0 Å². The first kappa shape index (κ1) is 12.9. The van der Waals surface area contributed by atoms with E-state index in [-0.39, 0.29) is 11.9 Å². The summed E-state index contributed by atoms with van der Waals surface area (Å²) in [7, 11) is 1.47. The Labute approximate surface area is 108 Å². The maximum atomic E-state index is 11.4. The van der Waals surface area contributed by atoms with Crippen LogP contribution in [0, 0.1) is 11.8 Å². The van der Waals surface area contributed by atoms with Crippen molar-refractivity contribution in [2.75, 3.05) is 12.8 Å². The summed E-state index contributed by atoms with van der Waals surface area (Å²) in [6, 6.07) is 8.11. The van der Waals surface area contributed by atoms with Crippen LogP contribution in [0.15, 0.2) is 24.3 Å². The van der Waals surface area contributed by atoms with Gasteiger partial charge in [0.2, 0.25) is 0 Å². The van der Waals surface area contributed by atoms with Crippen molar-refractivity contribution in [2.24, 2.45) is 11.8 Å². The molecule has 3 nitrogen and oxygen atoms in total. The first-order valence-corrected chi connectivity index (χ1v) is 6.61. The zero-order chi connectivity index (χ0) is 13.0. The van der Waals surface area contributed by atoms with Crippen molar-refractivity contribution < 1.29 is 9.53 Å². The van der Waals surface area contributed by atoms with Crippen LogP contribution in [0.3, 0.4) is 0 Å². The number of esters is 1. The van der Waals surface area contributed by atoms with Gasteiger partial charge in [-0.15, -0.1) is 0 Å². The van der Waals surface area contributed by atoms with E-state index in [9.17, 15) is 4.79 Å². The van der Waals surface area contributed by atoms with Gasteiger partial charge in [0.1, 0.15) is 0 Å². The molecule has 0 saturated heterocycles. The van der Waals surface area contributed by atoms with E-state index in [1.54, 1.807) is 0 Å². The molecular formula is C15H21NO2. The third-order valence-electron chi connectivity index (χ3n) is 3.89. The Kier molecular flexibility index (Phi) is 4.24. The van der Waals surface area contributed by atoms with Gasteiger partial charge in [-0.3, -0.25) is 4.79 Å². The minimum absolute atomic E-state index is 0.0408. The lowest BCUT2D eigenvalue weighted by Gasteiger charge is -2.26. The molecule has 0 aromatic heterocycles. The summed E-state index contributed by atoms with van der Waals surface area (Å²) < 4.78 is 4.80. The number of carbonyl (C=O) groups is 1. The quantitative estimate of drug-likeness (QED) is 0.660. The van der Waals surface area contributed by atoms with Gasteiger partial charge in [0.15, 0.2) is 0 Å². The third-order valence-corrected chi connectivity index (χ3v) is 3.89. The van der Waals surface area contributed by atoms with Crippen LogP contribution < -0.4 is 5.73 Å². The van der Waals surface area contributed by atoms with Crippen molar-refractivity contribution in [3.05, 3.63) is 29.8 Å². The zero-order valence-corrected chi connectivity index (χ0v) is 10.9. The van der Waals surface area contributed by atoms with Gasteiger partial charge in [-0.25, -0.2) is 0 Å². The molecule has 0 unspecified atom stereocenters. The number of nitrogen functional groups attached to an aromatic ring is 1. The standard InChI is InChI=1S/C15H21NO2/c1-18-15(17)13-6-2-11(3-7-13)10-12-4-8-14(16)9-5-12/h4-5,8-9,11,13H,2-3,6-7,10,16H2,1H3. The van der Waals surface area contributed by atoms with Gasteiger partial charge in [-0.05, 0) is 55.7 Å². The Morgan fingerprint density at radius 2 is 1.83 bits per heavy atom. The minimum Gasteiger partial charge on any atom is -0.469 e. The first-order valence-electron chi connectivity index (χ1n) is 6.61. The summed E-state index contributed by atoms with van der Waals surface area (Å²) in [6.45, 7) is 0. The van der Waals surface area contributed by atoms with E-state index >= 15 is 0 Å². The van der Waals surface area contributed by atoms with Crippen molar-refractivity contribution >= 4 is 11.7 Å². The lowest BCUT2D eigenvalue weighted by Crippen LogP contribution is -2.23. The van der Waals surface area contributed by atoms with Gasteiger partial charge in [-0.1, -0.05) is 12.1 Å². The maximum absolute atomic E-state index is 11.4. The number of carbonyl (C=O) groups excluding carboxylic acids is 1. The van der Waals surface area contributed by atoms with Crippen LogP contribution in [0.1, 0.15) is 31.2 Å². The Hall–Kier alpha value is -1.51. The summed E-state index contributed by atoms with van der Waals surface area (Å²) >= 11 is 0. The monoisotopic (exact) mass is 247 g/mol. The highest BCUT2D eigenvalue weighted by atomic mass is 16.5. The van der Waals surface area contributed by atoms with Gasteiger partial charge in [0.05, 0.1) is 13.0 Å². The van der Waals surface area contributed by atoms with Crippen LogP contribution in [0.4, 0.5) is 5.69 Å². The third kappa shape index (κ3) is 3.25.